The van der Waals surface area contributed by atoms with E-state index in [0.29, 0.717) is 12.3 Å². The van der Waals surface area contributed by atoms with Gasteiger partial charge in [-0.25, -0.2) is 19.5 Å². The van der Waals surface area contributed by atoms with Crippen molar-refractivity contribution in [1.82, 2.24) is 29.1 Å². The highest BCUT2D eigenvalue weighted by Gasteiger charge is 2.25. The van der Waals surface area contributed by atoms with E-state index in [9.17, 15) is 0 Å². The summed E-state index contributed by atoms with van der Waals surface area (Å²) >= 11 is 3.37. The van der Waals surface area contributed by atoms with Gasteiger partial charge in [-0.05, 0) is 28.8 Å². The fourth-order valence-corrected chi connectivity index (χ4v) is 7.40. The van der Waals surface area contributed by atoms with Crippen LogP contribution in [0.2, 0.25) is 0 Å². The van der Waals surface area contributed by atoms with Crippen LogP contribution >= 0.6 is 23.1 Å². The molecule has 0 amide bonds. The van der Waals surface area contributed by atoms with E-state index >= 15 is 0 Å². The van der Waals surface area contributed by atoms with E-state index in [2.05, 4.69) is 114 Å². The largest absolute Gasteiger partial charge is 0.320 e. The van der Waals surface area contributed by atoms with Gasteiger partial charge in [-0.1, -0.05) is 115 Å². The molecule has 0 N–H and O–H groups in total. The third-order valence-corrected chi connectivity index (χ3v) is 9.49. The van der Waals surface area contributed by atoms with E-state index in [-0.39, 0.29) is 0 Å². The maximum atomic E-state index is 5.11. The Morgan fingerprint density at radius 3 is 2.14 bits per heavy atom. The summed E-state index contributed by atoms with van der Waals surface area (Å²) in [5, 5.41) is 5.85. The van der Waals surface area contributed by atoms with Gasteiger partial charge in [-0.3, -0.25) is 0 Å². The fourth-order valence-electron chi connectivity index (χ4n) is 5.48. The Morgan fingerprint density at radius 2 is 1.38 bits per heavy atom. The highest BCUT2D eigenvalue weighted by molar-refractivity contribution is 8.00. The van der Waals surface area contributed by atoms with Crippen LogP contribution in [0.1, 0.15) is 11.4 Å². The van der Waals surface area contributed by atoms with Gasteiger partial charge in [0.1, 0.15) is 12.0 Å². The number of nitrogens with zero attached hydrogens (tertiary/aromatic N) is 6. The second-order valence-corrected chi connectivity index (χ2v) is 12.3. The second kappa shape index (κ2) is 10.6. The number of hydrogen-bond acceptors (Lipinski definition) is 6. The Bertz CT molecular complexity index is 2130. The Hall–Kier alpha value is -4.79. The van der Waals surface area contributed by atoms with E-state index < -0.39 is 0 Å². The van der Waals surface area contributed by atoms with Crippen molar-refractivity contribution < 1.29 is 0 Å². The number of fused-ring (bicyclic) bond motifs is 4. The number of aromatic nitrogens is 6. The second-order valence-electron chi connectivity index (χ2n) is 10.0. The summed E-state index contributed by atoms with van der Waals surface area (Å²) < 4.78 is 6.36. The molecule has 0 aliphatic heterocycles. The summed E-state index contributed by atoms with van der Waals surface area (Å²) in [6.07, 6.45) is 1.79. The van der Waals surface area contributed by atoms with Gasteiger partial charge in [-0.15, -0.1) is 16.4 Å². The van der Waals surface area contributed by atoms with Gasteiger partial charge in [0.2, 0.25) is 0 Å². The molecule has 0 bridgehead atoms. The maximum absolute atomic E-state index is 5.11. The molecule has 0 aliphatic rings. The van der Waals surface area contributed by atoms with Gasteiger partial charge < -0.3 is 4.57 Å². The van der Waals surface area contributed by atoms with E-state index in [4.69, 9.17) is 20.1 Å². The van der Waals surface area contributed by atoms with Crippen LogP contribution in [0.5, 0.6) is 0 Å². The first-order valence-corrected chi connectivity index (χ1v) is 15.5. The van der Waals surface area contributed by atoms with Crippen molar-refractivity contribution in [1.29, 1.82) is 0 Å². The molecule has 0 spiro atoms. The molecule has 0 unspecified atom stereocenters. The number of para-hydroxylation sites is 1. The van der Waals surface area contributed by atoms with E-state index in [1.807, 2.05) is 10.6 Å². The van der Waals surface area contributed by atoms with Crippen molar-refractivity contribution in [2.75, 3.05) is 0 Å². The van der Waals surface area contributed by atoms with Gasteiger partial charge in [0.15, 0.2) is 15.8 Å². The van der Waals surface area contributed by atoms with Gasteiger partial charge in [0.05, 0.1) is 27.0 Å². The molecule has 0 saturated carbocycles. The molecule has 4 aromatic heterocycles. The zero-order valence-corrected chi connectivity index (χ0v) is 24.1. The van der Waals surface area contributed by atoms with Crippen LogP contribution in [0.3, 0.4) is 0 Å². The summed E-state index contributed by atoms with van der Waals surface area (Å²) in [4.78, 5) is 14.9. The predicted molar refractivity (Wildman–Crippen MR) is 172 cm³/mol. The summed E-state index contributed by atoms with van der Waals surface area (Å²) in [5.74, 6) is 1.38. The Kier molecular flexibility index (Phi) is 6.27. The normalized spacial score (nSPS) is 11.6. The molecule has 4 heterocycles. The SMILES string of the molecule is c1ccc(Cn2c(-c3ccccc3)c(-c3ccccc3)c3c2ncn2nc(CSc4nc5ccccc5s4)nc32)cc1. The molecule has 0 aliphatic carbocycles. The third kappa shape index (κ3) is 4.45. The average Bonchev–Trinajstić information content (AvgIpc) is 3.75. The Morgan fingerprint density at radius 1 is 0.690 bits per heavy atom. The zero-order chi connectivity index (χ0) is 27.9. The van der Waals surface area contributed by atoms with Crippen LogP contribution in [0.4, 0.5) is 0 Å². The lowest BCUT2D eigenvalue weighted by atomic mass is 9.99. The molecule has 42 heavy (non-hydrogen) atoms. The molecular weight excluding hydrogens is 557 g/mol. The molecule has 8 aromatic rings. The van der Waals surface area contributed by atoms with E-state index in [1.165, 1.54) is 10.3 Å². The molecule has 202 valence electrons. The molecule has 6 nitrogen and oxygen atoms in total. The molecule has 0 atom stereocenters. The summed E-state index contributed by atoms with van der Waals surface area (Å²) in [5.41, 5.74) is 8.43. The molecule has 0 saturated heterocycles. The first-order valence-electron chi connectivity index (χ1n) is 13.7. The van der Waals surface area contributed by atoms with Crippen LogP contribution in [-0.4, -0.2) is 29.1 Å². The van der Waals surface area contributed by atoms with Gasteiger partial charge in [-0.2, -0.15) is 0 Å². The summed E-state index contributed by atoms with van der Waals surface area (Å²) in [6, 6.07) is 39.9. The quantitative estimate of drug-likeness (QED) is 0.177. The molecule has 8 rings (SSSR count). The molecule has 8 heteroatoms. The van der Waals surface area contributed by atoms with Gasteiger partial charge in [0.25, 0.3) is 0 Å². The van der Waals surface area contributed by atoms with Crippen LogP contribution in [0.25, 0.3) is 49.3 Å². The lowest BCUT2D eigenvalue weighted by Crippen LogP contribution is -2.03. The van der Waals surface area contributed by atoms with Crippen molar-refractivity contribution in [3.63, 3.8) is 0 Å². The van der Waals surface area contributed by atoms with Crippen molar-refractivity contribution in [3.8, 4) is 22.4 Å². The predicted octanol–water partition coefficient (Wildman–Crippen LogP) is 8.36. The van der Waals surface area contributed by atoms with Crippen LogP contribution in [0.15, 0.2) is 126 Å². The van der Waals surface area contributed by atoms with Gasteiger partial charge in [0, 0.05) is 12.1 Å². The van der Waals surface area contributed by atoms with Crippen LogP contribution < -0.4 is 0 Å². The monoisotopic (exact) mass is 580 g/mol. The lowest BCUT2D eigenvalue weighted by Gasteiger charge is -2.13. The van der Waals surface area contributed by atoms with Crippen molar-refractivity contribution >= 4 is 50.0 Å². The van der Waals surface area contributed by atoms with E-state index in [1.54, 1.807) is 29.4 Å². The first kappa shape index (κ1) is 25.0. The molecular formula is C34H24N6S2. The maximum Gasteiger partial charge on any atom is 0.169 e. The lowest BCUT2D eigenvalue weighted by molar-refractivity contribution is 0.825. The minimum atomic E-state index is 0.625. The standard InChI is InChI=1S/C34H24N6S2/c1-4-12-23(13-5-1)20-39-31(25-16-8-3-9-17-25)29(24-14-6-2-7-15-24)30-32(39)35-22-40-33(30)37-28(38-40)21-41-34-36-26-18-10-11-19-27(26)42-34/h1-19,22H,20-21H2. The van der Waals surface area contributed by atoms with Crippen molar-refractivity contribution in [3.05, 3.63) is 133 Å². The minimum Gasteiger partial charge on any atom is -0.320 e. The number of thioether (sulfide) groups is 1. The molecule has 0 radical (unpaired) electrons. The minimum absolute atomic E-state index is 0.625. The third-order valence-electron chi connectivity index (χ3n) is 7.32. The van der Waals surface area contributed by atoms with Gasteiger partial charge >= 0.3 is 0 Å². The highest BCUT2D eigenvalue weighted by atomic mass is 32.2. The number of hydrogen-bond donors (Lipinski definition) is 0. The van der Waals surface area contributed by atoms with Crippen LogP contribution in [0, 0.1) is 0 Å². The van der Waals surface area contributed by atoms with Crippen molar-refractivity contribution in [2.45, 2.75) is 16.6 Å². The topological polar surface area (TPSA) is 60.9 Å². The number of rotatable bonds is 7. The summed E-state index contributed by atoms with van der Waals surface area (Å²) in [7, 11) is 0. The number of benzene rings is 4. The van der Waals surface area contributed by atoms with E-state index in [0.717, 1.165) is 54.7 Å². The highest BCUT2D eigenvalue weighted by Crippen LogP contribution is 2.42. The number of thiazole rings is 1. The smallest absolute Gasteiger partial charge is 0.169 e. The van der Waals surface area contributed by atoms with Crippen LogP contribution in [-0.2, 0) is 12.3 Å². The average molecular weight is 581 g/mol. The van der Waals surface area contributed by atoms with Crippen molar-refractivity contribution in [2.24, 2.45) is 0 Å². The summed E-state index contributed by atoms with van der Waals surface area (Å²) in [6.45, 7) is 0.687. The fraction of sp³-hybridized carbons (Fsp3) is 0.0588. The first-order chi connectivity index (χ1) is 20.8. The Balaban J connectivity index is 1.32. The molecule has 0 fully saturated rings. The molecule has 4 aromatic carbocycles. The Labute approximate surface area is 250 Å². The zero-order valence-electron chi connectivity index (χ0n) is 22.5.